The van der Waals surface area contributed by atoms with E-state index in [2.05, 4.69) is 21.9 Å². The van der Waals surface area contributed by atoms with Crippen molar-refractivity contribution in [3.8, 4) is 23.5 Å². The normalized spacial score (nSPS) is 11.8. The van der Waals surface area contributed by atoms with Crippen molar-refractivity contribution in [1.82, 2.24) is 0 Å². The van der Waals surface area contributed by atoms with Crippen molar-refractivity contribution in [1.29, 1.82) is 0 Å². The first kappa shape index (κ1) is 11.9. The lowest BCUT2D eigenvalue weighted by atomic mass is 10.0. The maximum atomic E-state index is 9.48. The number of halogens is 1. The van der Waals surface area contributed by atoms with Crippen molar-refractivity contribution in [3.05, 3.63) is 58.6 Å². The number of hydrogen-bond acceptors (Lipinski definition) is 1. The van der Waals surface area contributed by atoms with Crippen LogP contribution in [0.1, 0.15) is 11.7 Å². The molecular weight excluding hydrogens is 276 g/mol. The van der Waals surface area contributed by atoms with Crippen LogP contribution in [0.4, 0.5) is 0 Å². The molecule has 1 unspecified atom stereocenters. The van der Waals surface area contributed by atoms with Crippen LogP contribution in [0.15, 0.2) is 53.0 Å². The van der Waals surface area contributed by atoms with Gasteiger partial charge in [-0.15, -0.1) is 6.42 Å². The zero-order valence-corrected chi connectivity index (χ0v) is 10.7. The molecule has 0 saturated heterocycles. The molecule has 2 rings (SSSR count). The van der Waals surface area contributed by atoms with Gasteiger partial charge in [-0.1, -0.05) is 58.2 Å². The number of terminal acetylenes is 1. The van der Waals surface area contributed by atoms with E-state index in [0.717, 1.165) is 21.2 Å². The highest BCUT2D eigenvalue weighted by atomic mass is 79.9. The fourth-order valence-corrected chi connectivity index (χ4v) is 1.86. The summed E-state index contributed by atoms with van der Waals surface area (Å²) in [5, 5.41) is 9.48. The van der Waals surface area contributed by atoms with Gasteiger partial charge in [0.2, 0.25) is 0 Å². The van der Waals surface area contributed by atoms with Crippen LogP contribution in [0.5, 0.6) is 0 Å². The first-order chi connectivity index (χ1) is 8.20. The minimum Gasteiger partial charge on any atom is -0.376 e. The Morgan fingerprint density at radius 2 is 1.41 bits per heavy atom. The third-order valence-corrected chi connectivity index (χ3v) is 3.09. The minimum atomic E-state index is -0.825. The topological polar surface area (TPSA) is 20.2 Å². The SMILES string of the molecule is C#CC(O)c1ccc(-c2ccc(Br)cc2)cc1. The van der Waals surface area contributed by atoms with Crippen LogP contribution in [-0.2, 0) is 0 Å². The molecule has 0 spiro atoms. The Labute approximate surface area is 109 Å². The molecule has 2 heteroatoms. The van der Waals surface area contributed by atoms with Gasteiger partial charge in [-0.2, -0.15) is 0 Å². The van der Waals surface area contributed by atoms with Gasteiger partial charge in [0.1, 0.15) is 6.10 Å². The fourth-order valence-electron chi connectivity index (χ4n) is 1.60. The lowest BCUT2D eigenvalue weighted by molar-refractivity contribution is 0.238. The van der Waals surface area contributed by atoms with Crippen LogP contribution in [0, 0.1) is 12.3 Å². The Balaban J connectivity index is 2.30. The van der Waals surface area contributed by atoms with Crippen LogP contribution in [0.3, 0.4) is 0 Å². The lowest BCUT2D eigenvalue weighted by Crippen LogP contribution is -1.92. The highest BCUT2D eigenvalue weighted by Gasteiger charge is 2.03. The predicted octanol–water partition coefficient (Wildman–Crippen LogP) is 3.78. The Kier molecular flexibility index (Phi) is 3.63. The summed E-state index contributed by atoms with van der Waals surface area (Å²) in [7, 11) is 0. The number of aliphatic hydroxyl groups is 1. The van der Waals surface area contributed by atoms with Gasteiger partial charge in [0, 0.05) is 4.47 Å². The molecule has 0 amide bonds. The zero-order chi connectivity index (χ0) is 12.3. The zero-order valence-electron chi connectivity index (χ0n) is 9.10. The summed E-state index contributed by atoms with van der Waals surface area (Å²) in [6, 6.07) is 15.7. The molecule has 0 fully saturated rings. The largest absolute Gasteiger partial charge is 0.376 e. The molecular formula is C15H11BrO. The number of rotatable bonds is 2. The van der Waals surface area contributed by atoms with Crippen LogP contribution in [-0.4, -0.2) is 5.11 Å². The highest BCUT2D eigenvalue weighted by Crippen LogP contribution is 2.23. The number of aliphatic hydroxyl groups excluding tert-OH is 1. The Bertz CT molecular complexity index is 535. The molecule has 2 aromatic rings. The molecule has 17 heavy (non-hydrogen) atoms. The van der Waals surface area contributed by atoms with Gasteiger partial charge in [0.15, 0.2) is 0 Å². The maximum Gasteiger partial charge on any atom is 0.139 e. The van der Waals surface area contributed by atoms with Gasteiger partial charge in [-0.05, 0) is 28.8 Å². The van der Waals surface area contributed by atoms with Crippen molar-refractivity contribution in [2.24, 2.45) is 0 Å². The van der Waals surface area contributed by atoms with Crippen LogP contribution in [0.2, 0.25) is 0 Å². The number of hydrogen-bond donors (Lipinski definition) is 1. The van der Waals surface area contributed by atoms with Crippen LogP contribution >= 0.6 is 15.9 Å². The Hall–Kier alpha value is -1.56. The Morgan fingerprint density at radius 3 is 1.88 bits per heavy atom. The summed E-state index contributed by atoms with van der Waals surface area (Å²) in [6.07, 6.45) is 4.34. The number of benzene rings is 2. The van der Waals surface area contributed by atoms with Gasteiger partial charge in [0.25, 0.3) is 0 Å². The van der Waals surface area contributed by atoms with Gasteiger partial charge in [-0.3, -0.25) is 0 Å². The van der Waals surface area contributed by atoms with E-state index < -0.39 is 6.10 Å². The molecule has 1 N–H and O–H groups in total. The summed E-state index contributed by atoms with van der Waals surface area (Å²) in [5.74, 6) is 2.30. The summed E-state index contributed by atoms with van der Waals surface area (Å²) in [5.41, 5.74) is 2.98. The molecule has 0 radical (unpaired) electrons. The molecule has 1 nitrogen and oxygen atoms in total. The third-order valence-electron chi connectivity index (χ3n) is 2.56. The first-order valence-electron chi connectivity index (χ1n) is 5.21. The maximum absolute atomic E-state index is 9.48. The van der Waals surface area contributed by atoms with E-state index in [-0.39, 0.29) is 0 Å². The Morgan fingerprint density at radius 1 is 0.941 bits per heavy atom. The molecule has 84 valence electrons. The van der Waals surface area contributed by atoms with Crippen molar-refractivity contribution in [2.75, 3.05) is 0 Å². The van der Waals surface area contributed by atoms with Gasteiger partial charge >= 0.3 is 0 Å². The second kappa shape index (κ2) is 5.18. The van der Waals surface area contributed by atoms with Crippen LogP contribution in [0.25, 0.3) is 11.1 Å². The molecule has 0 bridgehead atoms. The summed E-state index contributed by atoms with van der Waals surface area (Å²) >= 11 is 3.40. The van der Waals surface area contributed by atoms with Gasteiger partial charge < -0.3 is 5.11 Å². The second-order valence-electron chi connectivity index (χ2n) is 3.70. The lowest BCUT2D eigenvalue weighted by Gasteiger charge is -2.06. The summed E-state index contributed by atoms with van der Waals surface area (Å²) in [4.78, 5) is 0. The second-order valence-corrected chi connectivity index (χ2v) is 4.61. The minimum absolute atomic E-state index is 0.744. The van der Waals surface area contributed by atoms with Crippen molar-refractivity contribution >= 4 is 15.9 Å². The molecule has 0 heterocycles. The van der Waals surface area contributed by atoms with E-state index in [9.17, 15) is 5.11 Å². The molecule has 1 atom stereocenters. The summed E-state index contributed by atoms with van der Waals surface area (Å²) < 4.78 is 1.06. The van der Waals surface area contributed by atoms with E-state index in [1.807, 2.05) is 48.5 Å². The first-order valence-corrected chi connectivity index (χ1v) is 6.00. The van der Waals surface area contributed by atoms with E-state index in [1.165, 1.54) is 0 Å². The van der Waals surface area contributed by atoms with Crippen molar-refractivity contribution in [2.45, 2.75) is 6.10 Å². The smallest absolute Gasteiger partial charge is 0.139 e. The van der Waals surface area contributed by atoms with Crippen molar-refractivity contribution < 1.29 is 5.11 Å². The fraction of sp³-hybridized carbons (Fsp3) is 0.0667. The molecule has 0 saturated carbocycles. The summed E-state index contributed by atoms with van der Waals surface area (Å²) in [6.45, 7) is 0. The highest BCUT2D eigenvalue weighted by molar-refractivity contribution is 9.10. The quantitative estimate of drug-likeness (QED) is 0.833. The average Bonchev–Trinajstić information content (AvgIpc) is 2.39. The standard InChI is InChI=1S/C15H11BrO/c1-2-15(17)13-5-3-11(4-6-13)12-7-9-14(16)10-8-12/h1,3-10,15,17H. The van der Waals surface area contributed by atoms with Crippen molar-refractivity contribution in [3.63, 3.8) is 0 Å². The van der Waals surface area contributed by atoms with Gasteiger partial charge in [-0.25, -0.2) is 0 Å². The van der Waals surface area contributed by atoms with E-state index >= 15 is 0 Å². The molecule has 2 aromatic carbocycles. The van der Waals surface area contributed by atoms with E-state index in [1.54, 1.807) is 0 Å². The third kappa shape index (κ3) is 2.76. The average molecular weight is 287 g/mol. The predicted molar refractivity (Wildman–Crippen MR) is 73.4 cm³/mol. The van der Waals surface area contributed by atoms with Gasteiger partial charge in [0.05, 0.1) is 0 Å². The van der Waals surface area contributed by atoms with E-state index in [4.69, 9.17) is 6.42 Å². The molecule has 0 aromatic heterocycles. The molecule has 0 aliphatic carbocycles. The van der Waals surface area contributed by atoms with Crippen LogP contribution < -0.4 is 0 Å². The molecule has 0 aliphatic rings. The molecule has 0 aliphatic heterocycles. The monoisotopic (exact) mass is 286 g/mol. The van der Waals surface area contributed by atoms with E-state index in [0.29, 0.717) is 0 Å².